The van der Waals surface area contributed by atoms with Crippen LogP contribution < -0.4 is 15.8 Å². The molecule has 112 valence electrons. The van der Waals surface area contributed by atoms with Crippen LogP contribution in [0.15, 0.2) is 23.1 Å². The highest BCUT2D eigenvalue weighted by Gasteiger charge is 2.22. The molecule has 6 nitrogen and oxygen atoms in total. The van der Waals surface area contributed by atoms with Crippen molar-refractivity contribution in [3.63, 3.8) is 0 Å². The normalized spacial score (nSPS) is 13.2. The van der Waals surface area contributed by atoms with Gasteiger partial charge in [-0.1, -0.05) is 0 Å². The Morgan fingerprint density at radius 3 is 2.35 bits per heavy atom. The lowest BCUT2D eigenvalue weighted by Crippen LogP contribution is -2.46. The smallest absolute Gasteiger partial charge is 0.241 e. The van der Waals surface area contributed by atoms with Gasteiger partial charge in [-0.2, -0.15) is 4.72 Å². The van der Waals surface area contributed by atoms with Crippen molar-refractivity contribution in [2.45, 2.75) is 44.7 Å². The highest BCUT2D eigenvalue weighted by Crippen LogP contribution is 2.16. The van der Waals surface area contributed by atoms with Crippen molar-refractivity contribution in [1.82, 2.24) is 10.0 Å². The van der Waals surface area contributed by atoms with Crippen LogP contribution in [0.5, 0.6) is 0 Å². The number of nitrogen functional groups attached to an aromatic ring is 1. The molecule has 1 aromatic carbocycles. The fourth-order valence-corrected chi connectivity index (χ4v) is 2.87. The Hall–Kier alpha value is -1.60. The molecule has 0 aliphatic heterocycles. The van der Waals surface area contributed by atoms with E-state index in [1.165, 1.54) is 25.1 Å². The Kier molecular flexibility index (Phi) is 5.13. The van der Waals surface area contributed by atoms with E-state index in [1.807, 2.05) is 13.8 Å². The van der Waals surface area contributed by atoms with Gasteiger partial charge < -0.3 is 11.1 Å². The van der Waals surface area contributed by atoms with Crippen molar-refractivity contribution < 1.29 is 13.2 Å². The van der Waals surface area contributed by atoms with Gasteiger partial charge in [-0.15, -0.1) is 0 Å². The Labute approximate surface area is 119 Å². The van der Waals surface area contributed by atoms with Gasteiger partial charge in [0.15, 0.2) is 0 Å². The molecule has 0 radical (unpaired) electrons. The molecule has 0 aliphatic carbocycles. The summed E-state index contributed by atoms with van der Waals surface area (Å²) in [5, 5.41) is 2.65. The first-order chi connectivity index (χ1) is 9.13. The first kappa shape index (κ1) is 16.5. The molecule has 0 fully saturated rings. The number of sulfonamides is 1. The number of benzene rings is 1. The Balaban J connectivity index is 2.89. The summed E-state index contributed by atoms with van der Waals surface area (Å²) in [6, 6.07) is 3.53. The molecule has 1 unspecified atom stereocenters. The maximum absolute atomic E-state index is 12.2. The molecule has 1 amide bonds. The molecule has 0 bridgehead atoms. The third-order valence-corrected chi connectivity index (χ3v) is 4.25. The lowest BCUT2D eigenvalue weighted by Gasteiger charge is -2.16. The van der Waals surface area contributed by atoms with Crippen LogP contribution in [0.3, 0.4) is 0 Å². The molecule has 7 heteroatoms. The molecular formula is C13H21N3O3S. The molecule has 0 heterocycles. The second-order valence-corrected chi connectivity index (χ2v) is 6.74. The Bertz CT molecular complexity index is 597. The Morgan fingerprint density at radius 2 is 1.85 bits per heavy atom. The molecular weight excluding hydrogens is 278 g/mol. The van der Waals surface area contributed by atoms with Crippen LogP contribution in [0, 0.1) is 6.92 Å². The van der Waals surface area contributed by atoms with E-state index in [1.54, 1.807) is 6.92 Å². The number of carbonyl (C=O) groups is 1. The molecule has 20 heavy (non-hydrogen) atoms. The molecule has 0 saturated heterocycles. The number of anilines is 1. The molecule has 1 rings (SSSR count). The minimum absolute atomic E-state index is 0.0479. The predicted octanol–water partition coefficient (Wildman–Crippen LogP) is 0.769. The highest BCUT2D eigenvalue weighted by molar-refractivity contribution is 7.89. The summed E-state index contributed by atoms with van der Waals surface area (Å²) in [4.78, 5) is 11.8. The minimum Gasteiger partial charge on any atom is -0.399 e. The summed E-state index contributed by atoms with van der Waals surface area (Å²) in [5.41, 5.74) is 6.85. The fraction of sp³-hybridized carbons (Fsp3) is 0.462. The van der Waals surface area contributed by atoms with Gasteiger partial charge in [0.05, 0.1) is 10.9 Å². The van der Waals surface area contributed by atoms with E-state index in [9.17, 15) is 13.2 Å². The van der Waals surface area contributed by atoms with Crippen LogP contribution in [-0.4, -0.2) is 26.4 Å². The van der Waals surface area contributed by atoms with Crippen LogP contribution in [0.2, 0.25) is 0 Å². The zero-order valence-electron chi connectivity index (χ0n) is 12.1. The van der Waals surface area contributed by atoms with E-state index in [0.29, 0.717) is 11.3 Å². The molecule has 0 spiro atoms. The topological polar surface area (TPSA) is 101 Å². The zero-order valence-corrected chi connectivity index (χ0v) is 12.9. The number of nitrogens with one attached hydrogen (secondary N) is 2. The van der Waals surface area contributed by atoms with Gasteiger partial charge in [0.2, 0.25) is 15.9 Å². The predicted molar refractivity (Wildman–Crippen MR) is 78.7 cm³/mol. The van der Waals surface area contributed by atoms with Crippen LogP contribution >= 0.6 is 0 Å². The summed E-state index contributed by atoms with van der Waals surface area (Å²) in [6.45, 7) is 6.84. The second kappa shape index (κ2) is 6.23. The standard InChI is InChI=1S/C13H21N3O3S/c1-8(2)15-13(17)10(4)16-20(18,19)11-5-6-12(14)9(3)7-11/h5-8,10,16H,14H2,1-4H3,(H,15,17). The molecule has 1 aromatic rings. The van der Waals surface area contributed by atoms with E-state index in [2.05, 4.69) is 10.0 Å². The van der Waals surface area contributed by atoms with E-state index in [-0.39, 0.29) is 16.8 Å². The van der Waals surface area contributed by atoms with E-state index in [4.69, 9.17) is 5.73 Å². The first-order valence-corrected chi connectivity index (χ1v) is 7.80. The zero-order chi connectivity index (χ0) is 15.5. The average Bonchev–Trinajstić information content (AvgIpc) is 2.31. The van der Waals surface area contributed by atoms with E-state index in [0.717, 1.165) is 0 Å². The van der Waals surface area contributed by atoms with Gasteiger partial charge in [-0.05, 0) is 51.5 Å². The second-order valence-electron chi connectivity index (χ2n) is 5.02. The summed E-state index contributed by atoms with van der Waals surface area (Å²) >= 11 is 0. The number of rotatable bonds is 5. The first-order valence-electron chi connectivity index (χ1n) is 6.32. The number of carbonyl (C=O) groups excluding carboxylic acids is 1. The molecule has 1 atom stereocenters. The van der Waals surface area contributed by atoms with Gasteiger partial charge in [-0.25, -0.2) is 8.42 Å². The summed E-state index contributed by atoms with van der Waals surface area (Å²) in [7, 11) is -3.75. The van der Waals surface area contributed by atoms with E-state index < -0.39 is 16.1 Å². The van der Waals surface area contributed by atoms with Crippen LogP contribution in [0.25, 0.3) is 0 Å². The molecule has 0 aliphatic rings. The minimum atomic E-state index is -3.75. The van der Waals surface area contributed by atoms with Crippen molar-refractivity contribution >= 4 is 21.6 Å². The van der Waals surface area contributed by atoms with Crippen molar-refractivity contribution in [3.05, 3.63) is 23.8 Å². The van der Waals surface area contributed by atoms with E-state index >= 15 is 0 Å². The van der Waals surface area contributed by atoms with Crippen LogP contribution in [-0.2, 0) is 14.8 Å². The number of nitrogens with two attached hydrogens (primary N) is 1. The van der Waals surface area contributed by atoms with Crippen molar-refractivity contribution in [1.29, 1.82) is 0 Å². The third kappa shape index (κ3) is 4.21. The van der Waals surface area contributed by atoms with Crippen molar-refractivity contribution in [3.8, 4) is 0 Å². The largest absolute Gasteiger partial charge is 0.399 e. The third-order valence-electron chi connectivity index (χ3n) is 2.71. The van der Waals surface area contributed by atoms with Crippen LogP contribution in [0.4, 0.5) is 5.69 Å². The number of hydrogen-bond donors (Lipinski definition) is 3. The Morgan fingerprint density at radius 1 is 1.25 bits per heavy atom. The van der Waals surface area contributed by atoms with Gasteiger partial charge in [0.25, 0.3) is 0 Å². The van der Waals surface area contributed by atoms with Gasteiger partial charge in [0.1, 0.15) is 0 Å². The summed E-state index contributed by atoms with van der Waals surface area (Å²) < 4.78 is 26.7. The van der Waals surface area contributed by atoms with Gasteiger partial charge in [-0.3, -0.25) is 4.79 Å². The van der Waals surface area contributed by atoms with Gasteiger partial charge in [0, 0.05) is 11.7 Å². The van der Waals surface area contributed by atoms with Gasteiger partial charge >= 0.3 is 0 Å². The number of hydrogen-bond acceptors (Lipinski definition) is 4. The monoisotopic (exact) mass is 299 g/mol. The molecule has 0 saturated carbocycles. The van der Waals surface area contributed by atoms with Crippen molar-refractivity contribution in [2.24, 2.45) is 0 Å². The average molecular weight is 299 g/mol. The highest BCUT2D eigenvalue weighted by atomic mass is 32.2. The number of amides is 1. The lowest BCUT2D eigenvalue weighted by atomic mass is 10.2. The molecule has 0 aromatic heterocycles. The maximum atomic E-state index is 12.2. The maximum Gasteiger partial charge on any atom is 0.241 e. The fourth-order valence-electron chi connectivity index (χ4n) is 1.58. The number of aryl methyl sites for hydroxylation is 1. The summed E-state index contributed by atoms with van der Waals surface area (Å²) in [5.74, 6) is -0.365. The quantitative estimate of drug-likeness (QED) is 0.699. The van der Waals surface area contributed by atoms with Crippen molar-refractivity contribution in [2.75, 3.05) is 5.73 Å². The lowest BCUT2D eigenvalue weighted by molar-refractivity contribution is -0.122. The molecule has 4 N–H and O–H groups in total. The summed E-state index contributed by atoms with van der Waals surface area (Å²) in [6.07, 6.45) is 0. The SMILES string of the molecule is Cc1cc(S(=O)(=O)NC(C)C(=O)NC(C)C)ccc1N. The van der Waals surface area contributed by atoms with Crippen LogP contribution in [0.1, 0.15) is 26.3 Å².